The Bertz CT molecular complexity index is 1140. The molecule has 8 heteroatoms. The van der Waals surface area contributed by atoms with Crippen molar-refractivity contribution in [1.82, 2.24) is 9.80 Å². The topological polar surface area (TPSA) is 76.2 Å². The average Bonchev–Trinajstić information content (AvgIpc) is 3.33. The molecule has 198 valence electrons. The molecule has 0 bridgehead atoms. The fourth-order valence-electron chi connectivity index (χ4n) is 5.33. The summed E-state index contributed by atoms with van der Waals surface area (Å²) in [5.41, 5.74) is 0.458. The molecule has 0 spiro atoms. The van der Waals surface area contributed by atoms with Crippen molar-refractivity contribution in [2.24, 2.45) is 0 Å². The Labute approximate surface area is 223 Å². The standard InChI is InChI=1S/C29H35ClN2O5/c1-28(2,3)37-27(35)32-23(15-16-29(32,4)5)24(20-11-13-21(30)14-12-20)25(33)31-22(18-36-26(31)34)17-19-9-7-6-8-10-19/h6-14,22-24H,15-18H2,1-5H3/t22?,23?,24-/m0/s1. The zero-order valence-electron chi connectivity index (χ0n) is 22.1. The molecule has 0 aromatic heterocycles. The Kier molecular flexibility index (Phi) is 7.56. The van der Waals surface area contributed by atoms with Crippen LogP contribution in [0.1, 0.15) is 64.5 Å². The fourth-order valence-corrected chi connectivity index (χ4v) is 5.45. The normalized spacial score (nSPS) is 22.1. The number of likely N-dealkylation sites (tertiary alicyclic amines) is 1. The maximum Gasteiger partial charge on any atom is 0.417 e. The van der Waals surface area contributed by atoms with Crippen molar-refractivity contribution in [2.75, 3.05) is 6.61 Å². The number of nitrogens with zero attached hydrogens (tertiary/aromatic N) is 2. The first-order valence-electron chi connectivity index (χ1n) is 12.7. The highest BCUT2D eigenvalue weighted by molar-refractivity contribution is 6.30. The van der Waals surface area contributed by atoms with Gasteiger partial charge < -0.3 is 9.47 Å². The van der Waals surface area contributed by atoms with E-state index in [1.165, 1.54) is 4.90 Å². The first-order chi connectivity index (χ1) is 17.4. The second kappa shape index (κ2) is 10.4. The first-order valence-corrected chi connectivity index (χ1v) is 13.1. The summed E-state index contributed by atoms with van der Waals surface area (Å²) in [5, 5.41) is 0.535. The molecule has 0 aliphatic carbocycles. The van der Waals surface area contributed by atoms with Crippen molar-refractivity contribution in [3.05, 3.63) is 70.7 Å². The van der Waals surface area contributed by atoms with E-state index in [9.17, 15) is 14.4 Å². The number of benzene rings is 2. The summed E-state index contributed by atoms with van der Waals surface area (Å²) in [6.07, 6.45) is 0.615. The lowest BCUT2D eigenvalue weighted by Gasteiger charge is -2.40. The van der Waals surface area contributed by atoms with Gasteiger partial charge >= 0.3 is 12.2 Å². The van der Waals surface area contributed by atoms with E-state index in [1.807, 2.05) is 65.0 Å². The maximum absolute atomic E-state index is 14.3. The number of carbonyl (C=O) groups is 3. The highest BCUT2D eigenvalue weighted by Crippen LogP contribution is 2.43. The molecule has 0 saturated carbocycles. The van der Waals surface area contributed by atoms with E-state index < -0.39 is 41.3 Å². The lowest BCUT2D eigenvalue weighted by molar-refractivity contribution is -0.132. The van der Waals surface area contributed by atoms with Crippen LogP contribution in [0.5, 0.6) is 0 Å². The predicted molar refractivity (Wildman–Crippen MR) is 141 cm³/mol. The lowest BCUT2D eigenvalue weighted by Crippen LogP contribution is -2.54. The van der Waals surface area contributed by atoms with Crippen molar-refractivity contribution in [1.29, 1.82) is 0 Å². The summed E-state index contributed by atoms with van der Waals surface area (Å²) in [6.45, 7) is 9.53. The molecule has 2 aromatic rings. The minimum Gasteiger partial charge on any atom is -0.447 e. The number of rotatable bonds is 5. The molecule has 37 heavy (non-hydrogen) atoms. The van der Waals surface area contributed by atoms with E-state index in [2.05, 4.69) is 0 Å². The Hall–Kier alpha value is -3.06. The van der Waals surface area contributed by atoms with Gasteiger partial charge in [0.25, 0.3) is 0 Å². The van der Waals surface area contributed by atoms with Crippen LogP contribution >= 0.6 is 11.6 Å². The van der Waals surface area contributed by atoms with Crippen LogP contribution in [0, 0.1) is 0 Å². The van der Waals surface area contributed by atoms with Crippen LogP contribution in [0.2, 0.25) is 5.02 Å². The van der Waals surface area contributed by atoms with Gasteiger partial charge in [-0.3, -0.25) is 9.69 Å². The molecule has 3 amide bonds. The van der Waals surface area contributed by atoms with Crippen molar-refractivity contribution in [3.63, 3.8) is 0 Å². The maximum atomic E-state index is 14.3. The monoisotopic (exact) mass is 526 g/mol. The average molecular weight is 527 g/mol. The third-order valence-corrected chi connectivity index (χ3v) is 7.27. The van der Waals surface area contributed by atoms with E-state index in [-0.39, 0.29) is 12.5 Å². The van der Waals surface area contributed by atoms with Crippen molar-refractivity contribution >= 4 is 29.7 Å². The summed E-state index contributed by atoms with van der Waals surface area (Å²) in [6, 6.07) is 15.8. The molecule has 2 saturated heterocycles. The van der Waals surface area contributed by atoms with Gasteiger partial charge in [-0.25, -0.2) is 14.5 Å². The third-order valence-electron chi connectivity index (χ3n) is 7.02. The largest absolute Gasteiger partial charge is 0.447 e. The minimum atomic E-state index is -0.796. The van der Waals surface area contributed by atoms with Crippen LogP contribution in [-0.4, -0.2) is 57.7 Å². The summed E-state index contributed by atoms with van der Waals surface area (Å²) in [7, 11) is 0. The van der Waals surface area contributed by atoms with Gasteiger partial charge in [-0.1, -0.05) is 54.1 Å². The minimum absolute atomic E-state index is 0.124. The van der Waals surface area contributed by atoms with Gasteiger partial charge in [-0.05, 0) is 77.1 Å². The van der Waals surface area contributed by atoms with Crippen molar-refractivity contribution in [2.45, 2.75) is 83.0 Å². The van der Waals surface area contributed by atoms with Crippen LogP contribution < -0.4 is 0 Å². The van der Waals surface area contributed by atoms with E-state index in [1.54, 1.807) is 29.2 Å². The van der Waals surface area contributed by atoms with Crippen LogP contribution in [0.25, 0.3) is 0 Å². The van der Waals surface area contributed by atoms with Crippen molar-refractivity contribution < 1.29 is 23.9 Å². The molecule has 2 aliphatic rings. The fraction of sp³-hybridized carbons (Fsp3) is 0.483. The van der Waals surface area contributed by atoms with Gasteiger partial charge in [0.1, 0.15) is 12.2 Å². The van der Waals surface area contributed by atoms with Crippen LogP contribution in [0.3, 0.4) is 0 Å². The number of ether oxygens (including phenoxy) is 2. The predicted octanol–water partition coefficient (Wildman–Crippen LogP) is 6.19. The zero-order chi connectivity index (χ0) is 27.0. The van der Waals surface area contributed by atoms with Gasteiger partial charge in [0.05, 0.1) is 18.0 Å². The molecular formula is C29H35ClN2O5. The van der Waals surface area contributed by atoms with Crippen LogP contribution in [-0.2, 0) is 20.7 Å². The number of cyclic esters (lactones) is 1. The SMILES string of the molecule is CC(C)(C)OC(=O)N1C([C@@H](C(=O)N2C(=O)OCC2Cc2ccccc2)c2ccc(Cl)cc2)CCC1(C)C. The highest BCUT2D eigenvalue weighted by Gasteiger charge is 2.52. The number of hydrogen-bond acceptors (Lipinski definition) is 5. The van der Waals surface area contributed by atoms with E-state index in [4.69, 9.17) is 21.1 Å². The van der Waals surface area contributed by atoms with Gasteiger partial charge in [0, 0.05) is 10.6 Å². The number of imide groups is 1. The Morgan fingerprint density at radius 1 is 1.11 bits per heavy atom. The summed E-state index contributed by atoms with van der Waals surface area (Å²) < 4.78 is 11.1. The molecule has 2 aliphatic heterocycles. The molecular weight excluding hydrogens is 492 g/mol. The van der Waals surface area contributed by atoms with Crippen molar-refractivity contribution in [3.8, 4) is 0 Å². The molecule has 3 atom stereocenters. The smallest absolute Gasteiger partial charge is 0.417 e. The summed E-state index contributed by atoms with van der Waals surface area (Å²) in [5.74, 6) is -1.18. The molecule has 2 aromatic carbocycles. The van der Waals surface area contributed by atoms with Gasteiger partial charge in [-0.15, -0.1) is 0 Å². The lowest BCUT2D eigenvalue weighted by atomic mass is 9.88. The molecule has 0 radical (unpaired) electrons. The van der Waals surface area contributed by atoms with E-state index in [0.29, 0.717) is 29.8 Å². The third kappa shape index (κ3) is 5.93. The quantitative estimate of drug-likeness (QED) is 0.464. The Morgan fingerprint density at radius 2 is 1.76 bits per heavy atom. The second-order valence-corrected chi connectivity index (χ2v) is 11.9. The van der Waals surface area contributed by atoms with Gasteiger partial charge in [0.2, 0.25) is 5.91 Å². The van der Waals surface area contributed by atoms with Gasteiger partial charge in [0.15, 0.2) is 0 Å². The van der Waals surface area contributed by atoms with E-state index in [0.717, 1.165) is 5.56 Å². The first kappa shape index (κ1) is 27.0. The highest BCUT2D eigenvalue weighted by atomic mass is 35.5. The molecule has 4 rings (SSSR count). The van der Waals surface area contributed by atoms with Gasteiger partial charge in [-0.2, -0.15) is 0 Å². The number of hydrogen-bond donors (Lipinski definition) is 0. The number of carbonyl (C=O) groups excluding carboxylic acids is 3. The summed E-state index contributed by atoms with van der Waals surface area (Å²) >= 11 is 6.16. The van der Waals surface area contributed by atoms with Crippen LogP contribution in [0.4, 0.5) is 9.59 Å². The molecule has 2 heterocycles. The number of amides is 3. The van der Waals surface area contributed by atoms with E-state index >= 15 is 0 Å². The Morgan fingerprint density at radius 3 is 2.38 bits per heavy atom. The zero-order valence-corrected chi connectivity index (χ0v) is 22.8. The molecule has 2 fully saturated rings. The Balaban J connectivity index is 1.73. The second-order valence-electron chi connectivity index (χ2n) is 11.4. The summed E-state index contributed by atoms with van der Waals surface area (Å²) in [4.78, 5) is 43.6. The molecule has 0 N–H and O–H groups in total. The van der Waals surface area contributed by atoms with Crippen LogP contribution in [0.15, 0.2) is 54.6 Å². The number of halogens is 1. The molecule has 2 unspecified atom stereocenters. The molecule has 7 nitrogen and oxygen atoms in total.